The summed E-state index contributed by atoms with van der Waals surface area (Å²) in [7, 11) is 0. The first-order chi connectivity index (χ1) is 8.16. The summed E-state index contributed by atoms with van der Waals surface area (Å²) in [6.45, 7) is 1.88. The third-order valence-electron chi connectivity index (χ3n) is 4.18. The number of hydrogen-bond donors (Lipinski definition) is 2. The van der Waals surface area contributed by atoms with E-state index in [-0.39, 0.29) is 24.5 Å². The van der Waals surface area contributed by atoms with Gasteiger partial charge in [-0.3, -0.25) is 9.69 Å². The second kappa shape index (κ2) is 5.83. The minimum absolute atomic E-state index is 0.202. The van der Waals surface area contributed by atoms with Gasteiger partial charge >= 0.3 is 5.97 Å². The summed E-state index contributed by atoms with van der Waals surface area (Å²) < 4.78 is 0. The molecule has 0 spiro atoms. The van der Waals surface area contributed by atoms with Gasteiger partial charge in [-0.05, 0) is 38.1 Å². The summed E-state index contributed by atoms with van der Waals surface area (Å²) in [6.07, 6.45) is 6.47. The predicted molar refractivity (Wildman–Crippen MR) is 64.8 cm³/mol. The van der Waals surface area contributed by atoms with E-state index < -0.39 is 5.97 Å². The molecule has 3 unspecified atom stereocenters. The number of carboxylic acid groups (broad SMARTS) is 1. The van der Waals surface area contributed by atoms with Crippen LogP contribution in [-0.2, 0) is 4.79 Å². The van der Waals surface area contributed by atoms with Gasteiger partial charge in [-0.25, -0.2) is 0 Å². The van der Waals surface area contributed by atoms with E-state index in [1.807, 2.05) is 0 Å². The lowest BCUT2D eigenvalue weighted by Crippen LogP contribution is -2.49. The zero-order chi connectivity index (χ0) is 12.3. The van der Waals surface area contributed by atoms with Crippen LogP contribution in [0, 0.1) is 5.92 Å². The molecule has 1 heterocycles. The van der Waals surface area contributed by atoms with Crippen LogP contribution in [-0.4, -0.2) is 46.3 Å². The molecule has 2 N–H and O–H groups in total. The molecule has 1 aliphatic carbocycles. The Morgan fingerprint density at radius 3 is 2.65 bits per heavy atom. The maximum Gasteiger partial charge on any atom is 0.303 e. The molecule has 2 rings (SSSR count). The van der Waals surface area contributed by atoms with E-state index in [1.165, 1.54) is 6.42 Å². The Morgan fingerprint density at radius 1 is 1.18 bits per heavy atom. The van der Waals surface area contributed by atoms with E-state index in [1.54, 1.807) is 0 Å². The Balaban J connectivity index is 1.89. The molecular formula is C13H23NO3. The molecule has 0 aromatic carbocycles. The summed E-state index contributed by atoms with van der Waals surface area (Å²) in [5, 5.41) is 18.9. The van der Waals surface area contributed by atoms with Crippen LogP contribution in [0.25, 0.3) is 0 Å². The van der Waals surface area contributed by atoms with Crippen molar-refractivity contribution >= 4 is 5.97 Å². The van der Waals surface area contributed by atoms with Gasteiger partial charge in [-0.15, -0.1) is 0 Å². The highest BCUT2D eigenvalue weighted by Gasteiger charge is 2.32. The highest BCUT2D eigenvalue weighted by atomic mass is 16.4. The Bertz CT molecular complexity index is 269. The topological polar surface area (TPSA) is 60.8 Å². The predicted octanol–water partition coefficient (Wildman–Crippen LogP) is 1.48. The van der Waals surface area contributed by atoms with Gasteiger partial charge < -0.3 is 10.2 Å². The Hall–Kier alpha value is -0.610. The van der Waals surface area contributed by atoms with Crippen LogP contribution >= 0.6 is 0 Å². The summed E-state index contributed by atoms with van der Waals surface area (Å²) in [5.41, 5.74) is 0. The molecule has 3 atom stereocenters. The zero-order valence-electron chi connectivity index (χ0n) is 10.3. The van der Waals surface area contributed by atoms with Crippen molar-refractivity contribution in [3.8, 4) is 0 Å². The number of aliphatic hydroxyl groups excluding tert-OH is 1. The fourth-order valence-corrected chi connectivity index (χ4v) is 3.33. The van der Waals surface area contributed by atoms with Crippen LogP contribution in [0.1, 0.15) is 44.9 Å². The SMILES string of the molecule is O=C(O)CC1CCCN(C2CCCCC2O)C1. The number of aliphatic carboxylic acids is 1. The molecule has 2 aliphatic rings. The lowest BCUT2D eigenvalue weighted by Gasteiger charge is -2.42. The molecule has 17 heavy (non-hydrogen) atoms. The molecule has 2 fully saturated rings. The van der Waals surface area contributed by atoms with Crippen LogP contribution in [0.4, 0.5) is 0 Å². The van der Waals surface area contributed by atoms with Gasteiger partial charge in [-0.2, -0.15) is 0 Å². The van der Waals surface area contributed by atoms with E-state index >= 15 is 0 Å². The third-order valence-corrected chi connectivity index (χ3v) is 4.18. The first-order valence-corrected chi connectivity index (χ1v) is 6.80. The van der Waals surface area contributed by atoms with Gasteiger partial charge in [0.15, 0.2) is 0 Å². The monoisotopic (exact) mass is 241 g/mol. The maximum absolute atomic E-state index is 10.7. The minimum Gasteiger partial charge on any atom is -0.481 e. The summed E-state index contributed by atoms with van der Waals surface area (Å²) in [5.74, 6) is -0.420. The van der Waals surface area contributed by atoms with Crippen molar-refractivity contribution in [2.24, 2.45) is 5.92 Å². The molecule has 0 aromatic heterocycles. The average molecular weight is 241 g/mol. The van der Waals surface area contributed by atoms with Crippen molar-refractivity contribution in [1.29, 1.82) is 0 Å². The molecule has 0 bridgehead atoms. The summed E-state index contributed by atoms with van der Waals surface area (Å²) >= 11 is 0. The third kappa shape index (κ3) is 3.42. The summed E-state index contributed by atoms with van der Waals surface area (Å²) in [6, 6.07) is 0.278. The molecule has 0 aromatic rings. The highest BCUT2D eigenvalue weighted by molar-refractivity contribution is 5.67. The highest BCUT2D eigenvalue weighted by Crippen LogP contribution is 2.28. The van der Waals surface area contributed by atoms with Crippen molar-refractivity contribution < 1.29 is 15.0 Å². The Labute approximate surface area is 103 Å². The number of piperidine rings is 1. The number of likely N-dealkylation sites (tertiary alicyclic amines) is 1. The van der Waals surface area contributed by atoms with Crippen molar-refractivity contribution in [3.05, 3.63) is 0 Å². The number of aliphatic hydroxyl groups is 1. The van der Waals surface area contributed by atoms with Gasteiger partial charge in [0.1, 0.15) is 0 Å². The number of carbonyl (C=O) groups is 1. The smallest absolute Gasteiger partial charge is 0.303 e. The van der Waals surface area contributed by atoms with Crippen molar-refractivity contribution in [2.75, 3.05) is 13.1 Å². The fourth-order valence-electron chi connectivity index (χ4n) is 3.33. The molecule has 4 nitrogen and oxygen atoms in total. The van der Waals surface area contributed by atoms with Crippen LogP contribution < -0.4 is 0 Å². The first-order valence-electron chi connectivity index (χ1n) is 6.80. The number of carboxylic acids is 1. The van der Waals surface area contributed by atoms with Crippen LogP contribution in [0.5, 0.6) is 0 Å². The molecule has 0 amide bonds. The standard InChI is InChI=1S/C13H23NO3/c15-12-6-2-1-5-11(12)14-7-3-4-10(9-14)8-13(16)17/h10-12,15H,1-9H2,(H,16,17). The zero-order valence-corrected chi connectivity index (χ0v) is 10.3. The van der Waals surface area contributed by atoms with Crippen LogP contribution in [0.2, 0.25) is 0 Å². The lowest BCUT2D eigenvalue weighted by molar-refractivity contribution is -0.138. The minimum atomic E-state index is -0.693. The van der Waals surface area contributed by atoms with Crippen molar-refractivity contribution in [3.63, 3.8) is 0 Å². The molecule has 4 heteroatoms. The molecule has 1 saturated heterocycles. The molecule has 98 valence electrons. The van der Waals surface area contributed by atoms with E-state index in [0.29, 0.717) is 0 Å². The summed E-state index contributed by atoms with van der Waals surface area (Å²) in [4.78, 5) is 13.1. The number of rotatable bonds is 3. The second-order valence-corrected chi connectivity index (χ2v) is 5.52. The lowest BCUT2D eigenvalue weighted by atomic mass is 9.87. The number of hydrogen-bond acceptors (Lipinski definition) is 3. The van der Waals surface area contributed by atoms with Gasteiger partial charge in [0, 0.05) is 19.0 Å². The number of nitrogens with zero attached hydrogens (tertiary/aromatic N) is 1. The van der Waals surface area contributed by atoms with E-state index in [2.05, 4.69) is 4.90 Å². The van der Waals surface area contributed by atoms with Crippen LogP contribution in [0.3, 0.4) is 0 Å². The van der Waals surface area contributed by atoms with Gasteiger partial charge in [0.2, 0.25) is 0 Å². The second-order valence-electron chi connectivity index (χ2n) is 5.52. The Kier molecular flexibility index (Phi) is 4.40. The average Bonchev–Trinajstić information content (AvgIpc) is 2.29. The van der Waals surface area contributed by atoms with Crippen LogP contribution in [0.15, 0.2) is 0 Å². The first kappa shape index (κ1) is 12.8. The van der Waals surface area contributed by atoms with E-state index in [4.69, 9.17) is 5.11 Å². The largest absolute Gasteiger partial charge is 0.481 e. The Morgan fingerprint density at radius 2 is 1.94 bits per heavy atom. The molecule has 1 saturated carbocycles. The fraction of sp³-hybridized carbons (Fsp3) is 0.923. The molecular weight excluding hydrogens is 218 g/mol. The molecule has 0 radical (unpaired) electrons. The molecule has 1 aliphatic heterocycles. The quantitative estimate of drug-likeness (QED) is 0.785. The van der Waals surface area contributed by atoms with Crippen molar-refractivity contribution in [2.45, 2.75) is 57.1 Å². The van der Waals surface area contributed by atoms with Gasteiger partial charge in [-0.1, -0.05) is 12.8 Å². The van der Waals surface area contributed by atoms with E-state index in [0.717, 1.165) is 45.2 Å². The maximum atomic E-state index is 10.7. The normalized spacial score (nSPS) is 35.7. The van der Waals surface area contributed by atoms with Crippen molar-refractivity contribution in [1.82, 2.24) is 4.90 Å². The van der Waals surface area contributed by atoms with Gasteiger partial charge in [0.25, 0.3) is 0 Å². The van der Waals surface area contributed by atoms with Gasteiger partial charge in [0.05, 0.1) is 6.10 Å². The van der Waals surface area contributed by atoms with E-state index in [9.17, 15) is 9.90 Å².